The molecule has 0 amide bonds. The van der Waals surface area contributed by atoms with Crippen LogP contribution in [0.25, 0.3) is 0 Å². The summed E-state index contributed by atoms with van der Waals surface area (Å²) in [6.45, 7) is 0. The van der Waals surface area contributed by atoms with Gasteiger partial charge in [0.2, 0.25) is 0 Å². The maximum Gasteiger partial charge on any atom is 0.349 e. The van der Waals surface area contributed by atoms with Crippen LogP contribution in [0.2, 0.25) is 0 Å². The van der Waals surface area contributed by atoms with Crippen molar-refractivity contribution < 1.29 is 28.6 Å². The quantitative estimate of drug-likeness (QED) is 0.641. The molecule has 1 N–H and O–H groups in total. The highest BCUT2D eigenvalue weighted by Crippen LogP contribution is 2.33. The second kappa shape index (κ2) is 4.24. The van der Waals surface area contributed by atoms with Gasteiger partial charge in [0.25, 0.3) is 5.67 Å². The summed E-state index contributed by atoms with van der Waals surface area (Å²) in [5.41, 5.74) is -2.66. The van der Waals surface area contributed by atoms with E-state index in [2.05, 4.69) is 4.74 Å². The standard InChI is InChI=1S/C9H13FO5/c1-14-7-4-5(11)3-6(12)9(7,10)8(13)15-2/h6-7,12H,3-4H2,1-2H3/t6-,7+,9+/m1/s1. The minimum atomic E-state index is -2.66. The largest absolute Gasteiger partial charge is 0.466 e. The first kappa shape index (κ1) is 12.1. The molecule has 0 aromatic carbocycles. The molecular formula is C9H13FO5. The van der Waals surface area contributed by atoms with Gasteiger partial charge in [0, 0.05) is 20.0 Å². The van der Waals surface area contributed by atoms with Gasteiger partial charge in [-0.3, -0.25) is 4.79 Å². The van der Waals surface area contributed by atoms with Gasteiger partial charge in [-0.05, 0) is 0 Å². The van der Waals surface area contributed by atoms with E-state index in [1.165, 1.54) is 7.11 Å². The van der Waals surface area contributed by atoms with E-state index in [0.717, 1.165) is 7.11 Å². The Balaban J connectivity index is 3.00. The Hall–Kier alpha value is -1.01. The molecule has 1 rings (SSSR count). The van der Waals surface area contributed by atoms with Gasteiger partial charge in [0.1, 0.15) is 18.0 Å². The molecule has 0 aromatic rings. The number of alkyl halides is 1. The molecule has 5 nitrogen and oxygen atoms in total. The fraction of sp³-hybridized carbons (Fsp3) is 0.778. The number of Topliss-reactive ketones (excluding diaryl/α,β-unsaturated/α-hetero) is 1. The van der Waals surface area contributed by atoms with E-state index >= 15 is 0 Å². The van der Waals surface area contributed by atoms with Crippen LogP contribution in [0.4, 0.5) is 4.39 Å². The number of hydrogen-bond acceptors (Lipinski definition) is 5. The molecule has 0 aliphatic heterocycles. The number of ether oxygens (including phenoxy) is 2. The number of rotatable bonds is 2. The van der Waals surface area contributed by atoms with Gasteiger partial charge >= 0.3 is 5.97 Å². The Morgan fingerprint density at radius 3 is 2.60 bits per heavy atom. The summed E-state index contributed by atoms with van der Waals surface area (Å²) in [7, 11) is 2.19. The smallest absolute Gasteiger partial charge is 0.349 e. The van der Waals surface area contributed by atoms with Crippen LogP contribution >= 0.6 is 0 Å². The first-order chi connectivity index (χ1) is 6.96. The van der Waals surface area contributed by atoms with E-state index in [4.69, 9.17) is 4.74 Å². The maximum absolute atomic E-state index is 14.2. The number of aliphatic hydroxyl groups excluding tert-OH is 1. The number of halogens is 1. The highest BCUT2D eigenvalue weighted by atomic mass is 19.1. The van der Waals surface area contributed by atoms with Gasteiger partial charge < -0.3 is 14.6 Å². The molecule has 0 unspecified atom stereocenters. The van der Waals surface area contributed by atoms with E-state index in [1.807, 2.05) is 0 Å². The van der Waals surface area contributed by atoms with E-state index < -0.39 is 30.3 Å². The molecule has 1 fully saturated rings. The number of aliphatic hydroxyl groups is 1. The lowest BCUT2D eigenvalue weighted by Gasteiger charge is -2.37. The van der Waals surface area contributed by atoms with Crippen LogP contribution in [0.15, 0.2) is 0 Å². The Labute approximate surface area is 86.2 Å². The van der Waals surface area contributed by atoms with Crippen molar-refractivity contribution in [3.05, 3.63) is 0 Å². The minimum Gasteiger partial charge on any atom is -0.466 e. The number of hydrogen-bond donors (Lipinski definition) is 1. The third-order valence-electron chi connectivity index (χ3n) is 2.57. The van der Waals surface area contributed by atoms with E-state index in [-0.39, 0.29) is 12.2 Å². The average Bonchev–Trinajstić information content (AvgIpc) is 2.21. The van der Waals surface area contributed by atoms with Crippen molar-refractivity contribution in [3.63, 3.8) is 0 Å². The maximum atomic E-state index is 14.2. The number of esters is 1. The molecule has 1 saturated carbocycles. The molecule has 86 valence electrons. The van der Waals surface area contributed by atoms with Crippen LogP contribution in [-0.4, -0.2) is 49.0 Å². The van der Waals surface area contributed by atoms with Crippen LogP contribution in [-0.2, 0) is 19.1 Å². The zero-order chi connectivity index (χ0) is 11.6. The Morgan fingerprint density at radius 2 is 2.13 bits per heavy atom. The third kappa shape index (κ3) is 1.87. The van der Waals surface area contributed by atoms with E-state index in [1.54, 1.807) is 0 Å². The number of methoxy groups -OCH3 is 2. The van der Waals surface area contributed by atoms with Crippen LogP contribution < -0.4 is 0 Å². The molecule has 15 heavy (non-hydrogen) atoms. The fourth-order valence-electron chi connectivity index (χ4n) is 1.70. The van der Waals surface area contributed by atoms with Crippen molar-refractivity contribution in [1.29, 1.82) is 0 Å². The Morgan fingerprint density at radius 1 is 1.53 bits per heavy atom. The van der Waals surface area contributed by atoms with Crippen LogP contribution in [0.1, 0.15) is 12.8 Å². The number of ketones is 1. The SMILES string of the molecule is COC(=O)[C@]1(F)[C@H](O)CC(=O)C[C@@H]1OC. The molecule has 0 spiro atoms. The first-order valence-corrected chi connectivity index (χ1v) is 4.46. The van der Waals surface area contributed by atoms with Crippen molar-refractivity contribution in [2.45, 2.75) is 30.7 Å². The van der Waals surface area contributed by atoms with Gasteiger partial charge in [-0.1, -0.05) is 0 Å². The summed E-state index contributed by atoms with van der Waals surface area (Å²) >= 11 is 0. The summed E-state index contributed by atoms with van der Waals surface area (Å²) in [5.74, 6) is -1.55. The Kier molecular flexibility index (Phi) is 3.41. The number of carbonyl (C=O) groups excluding carboxylic acids is 2. The molecule has 0 radical (unpaired) electrons. The topological polar surface area (TPSA) is 72.8 Å². The van der Waals surface area contributed by atoms with E-state index in [0.29, 0.717) is 0 Å². The summed E-state index contributed by atoms with van der Waals surface area (Å²) in [6, 6.07) is 0. The lowest BCUT2D eigenvalue weighted by atomic mass is 9.80. The van der Waals surface area contributed by atoms with Gasteiger partial charge in [0.15, 0.2) is 0 Å². The molecule has 0 saturated heterocycles. The van der Waals surface area contributed by atoms with Crippen molar-refractivity contribution >= 4 is 11.8 Å². The molecule has 0 heterocycles. The van der Waals surface area contributed by atoms with Crippen molar-refractivity contribution in [1.82, 2.24) is 0 Å². The van der Waals surface area contributed by atoms with Crippen LogP contribution in [0.5, 0.6) is 0 Å². The summed E-state index contributed by atoms with van der Waals surface area (Å²) < 4.78 is 23.2. The van der Waals surface area contributed by atoms with Crippen molar-refractivity contribution in [3.8, 4) is 0 Å². The molecule has 0 aromatic heterocycles. The summed E-state index contributed by atoms with van der Waals surface area (Å²) in [5, 5.41) is 9.43. The molecule has 1 aliphatic rings. The molecule has 0 bridgehead atoms. The summed E-state index contributed by atoms with van der Waals surface area (Å²) in [6.07, 6.45) is -3.64. The zero-order valence-electron chi connectivity index (χ0n) is 8.53. The molecule has 6 heteroatoms. The van der Waals surface area contributed by atoms with Gasteiger partial charge in [-0.15, -0.1) is 0 Å². The lowest BCUT2D eigenvalue weighted by Crippen LogP contribution is -2.59. The van der Waals surface area contributed by atoms with Gasteiger partial charge in [-0.25, -0.2) is 9.18 Å². The molecule has 3 atom stereocenters. The zero-order valence-corrected chi connectivity index (χ0v) is 8.53. The van der Waals surface area contributed by atoms with Crippen molar-refractivity contribution in [2.75, 3.05) is 14.2 Å². The predicted octanol–water partition coefficient (Wildman–Crippen LogP) is -0.394. The summed E-state index contributed by atoms with van der Waals surface area (Å²) in [4.78, 5) is 22.3. The normalized spacial score (nSPS) is 36.4. The van der Waals surface area contributed by atoms with Gasteiger partial charge in [-0.2, -0.15) is 0 Å². The molecule has 1 aliphatic carbocycles. The third-order valence-corrected chi connectivity index (χ3v) is 2.57. The average molecular weight is 220 g/mol. The predicted molar refractivity (Wildman–Crippen MR) is 46.9 cm³/mol. The lowest BCUT2D eigenvalue weighted by molar-refractivity contribution is -0.187. The monoisotopic (exact) mass is 220 g/mol. The highest BCUT2D eigenvalue weighted by Gasteiger charge is 2.57. The van der Waals surface area contributed by atoms with Gasteiger partial charge in [0.05, 0.1) is 7.11 Å². The number of carbonyl (C=O) groups is 2. The minimum absolute atomic E-state index is 0.237. The van der Waals surface area contributed by atoms with E-state index in [9.17, 15) is 19.1 Å². The van der Waals surface area contributed by atoms with Crippen LogP contribution in [0, 0.1) is 0 Å². The van der Waals surface area contributed by atoms with Crippen LogP contribution in [0.3, 0.4) is 0 Å². The molecular weight excluding hydrogens is 207 g/mol. The second-order valence-electron chi connectivity index (χ2n) is 3.45. The Bertz CT molecular complexity index is 280. The van der Waals surface area contributed by atoms with Crippen molar-refractivity contribution in [2.24, 2.45) is 0 Å². The highest BCUT2D eigenvalue weighted by molar-refractivity contribution is 5.88. The second-order valence-corrected chi connectivity index (χ2v) is 3.45. The fourth-order valence-corrected chi connectivity index (χ4v) is 1.70. The first-order valence-electron chi connectivity index (χ1n) is 4.46.